The van der Waals surface area contributed by atoms with Gasteiger partial charge in [0, 0.05) is 147 Å². The van der Waals surface area contributed by atoms with E-state index in [-0.39, 0.29) is 242 Å². The van der Waals surface area contributed by atoms with Crippen LogP contribution in [0.1, 0.15) is 180 Å². The molecule has 0 radical (unpaired) electrons. The number of rotatable bonds is 40. The number of Topliss-reactive ketones (excluding diaryl/α,β-unsaturated/α-hetero) is 2. The van der Waals surface area contributed by atoms with E-state index in [1.807, 2.05) is 81.0 Å². The molecule has 0 aromatic carbocycles. The van der Waals surface area contributed by atoms with Gasteiger partial charge in [0.15, 0.2) is 11.0 Å². The van der Waals surface area contributed by atoms with Crippen molar-refractivity contribution in [2.75, 3.05) is 77.5 Å². The van der Waals surface area contributed by atoms with E-state index < -0.39 is 33.1 Å². The maximum Gasteiger partial charge on any atom is 0.279 e. The van der Waals surface area contributed by atoms with Gasteiger partial charge >= 0.3 is 0 Å². The molecule has 4 heterocycles. The number of imide groups is 4. The molecular formula is C65H109N9O18S3. The number of nitrogens with one attached hydrogen (secondary N) is 5. The fraction of sp³-hybridized carbons (Fsp3) is 0.769. The number of ketones is 2. The highest BCUT2D eigenvalue weighted by molar-refractivity contribution is 8.00. The van der Waals surface area contributed by atoms with Crippen LogP contribution in [0.2, 0.25) is 0 Å². The molecule has 0 spiro atoms. The third-order valence-electron chi connectivity index (χ3n) is 16.2. The maximum atomic E-state index is 12.4. The number of carbonyl (C=O) groups excluding carboxylic acids is 15. The Morgan fingerprint density at radius 1 is 0.432 bits per heavy atom. The van der Waals surface area contributed by atoms with Crippen molar-refractivity contribution in [3.8, 4) is 0 Å². The summed E-state index contributed by atoms with van der Waals surface area (Å²) >= 11 is 3.40. The van der Waals surface area contributed by atoms with Gasteiger partial charge in [0.05, 0.1) is 13.7 Å². The highest BCUT2D eigenvalue weighted by atomic mass is 32.2. The van der Waals surface area contributed by atoms with E-state index in [4.69, 9.17) is 0 Å². The Balaban J connectivity index is 0.000000769. The van der Waals surface area contributed by atoms with Crippen LogP contribution in [0.25, 0.3) is 0 Å². The topological polar surface area (TPSA) is 373 Å². The van der Waals surface area contributed by atoms with Crippen LogP contribution >= 0.6 is 23.5 Å². The first kappa shape index (κ1) is 86.9. The molecule has 13 amide bonds. The Kier molecular flexibility index (Phi) is 40.2. The van der Waals surface area contributed by atoms with Gasteiger partial charge in [-0.1, -0.05) is 90.5 Å². The van der Waals surface area contributed by atoms with Crippen LogP contribution in [0, 0.1) is 47.3 Å². The van der Waals surface area contributed by atoms with Crippen LogP contribution in [0.15, 0.2) is 0 Å². The Hall–Kier alpha value is -6.14. The summed E-state index contributed by atoms with van der Waals surface area (Å²) < 4.78 is 28.6. The van der Waals surface area contributed by atoms with Crippen molar-refractivity contribution in [2.45, 2.75) is 196 Å². The number of likely N-dealkylation sites (tertiary alicyclic amines) is 4. The largest absolute Gasteiger partial charge is 0.356 e. The zero-order valence-corrected chi connectivity index (χ0v) is 59.8. The summed E-state index contributed by atoms with van der Waals surface area (Å²) in [5.74, 6) is -3.43. The fourth-order valence-corrected chi connectivity index (χ4v) is 13.1. The van der Waals surface area contributed by atoms with Crippen LogP contribution in [0.5, 0.6) is 0 Å². The Morgan fingerprint density at radius 3 is 1.17 bits per heavy atom. The summed E-state index contributed by atoms with van der Waals surface area (Å²) in [6.45, 7) is 24.3. The van der Waals surface area contributed by atoms with Crippen LogP contribution in [0.4, 0.5) is 0 Å². The van der Waals surface area contributed by atoms with Gasteiger partial charge in [-0.15, -0.1) is 0 Å². The van der Waals surface area contributed by atoms with Crippen molar-refractivity contribution in [1.82, 2.24) is 46.2 Å². The molecule has 0 saturated carbocycles. The highest BCUT2D eigenvalue weighted by Crippen LogP contribution is 2.29. The third kappa shape index (κ3) is 30.9. The predicted octanol–water partition coefficient (Wildman–Crippen LogP) is 3.97. The number of hydrogen-bond donors (Lipinski definition) is 5. The summed E-state index contributed by atoms with van der Waals surface area (Å²) in [6.07, 6.45) is 2.42. The molecular weight excluding hydrogens is 1290 g/mol. The standard InChI is InChI=1S/C31H47N5O9.C17H30N2O6S2.C16H28N2O3S.CH4/c1-19(2)23-16-28(42)35(30(23)44)14-5-6-21(37)7-9-26(40)34-18-22(38)8-10-25(39)32-12-11-27(41)33-13-15-36-29(43)17-24(20(3)4)31(36)45;1-11(2)13-10-15(20)19(17(13)22)8-7-18-16(21)14(27(23,24)25-5)6-9-26-12(3)4;1-11(2)13-10-15(20)18(16(13)21)8-7-17-14(19)6-5-9-22-12(3)4;/h19-20,23-24H,5-18H2,1-4H3,(H,32,39)(H,33,41)(H,34,40);11-14H,6-10H2,1-5H3,(H,18,21);11-13H,5-10H2,1-4H3,(H,17,19);1H4. The van der Waals surface area contributed by atoms with E-state index in [2.05, 4.69) is 44.6 Å². The van der Waals surface area contributed by atoms with E-state index >= 15 is 0 Å². The van der Waals surface area contributed by atoms with Crippen molar-refractivity contribution >= 4 is 122 Å². The molecule has 5 atom stereocenters. The lowest BCUT2D eigenvalue weighted by Crippen LogP contribution is -2.44. The molecule has 4 fully saturated rings. The summed E-state index contributed by atoms with van der Waals surface area (Å²) in [5.41, 5.74) is 0. The predicted molar refractivity (Wildman–Crippen MR) is 362 cm³/mol. The van der Waals surface area contributed by atoms with E-state index in [0.717, 1.165) is 24.2 Å². The van der Waals surface area contributed by atoms with Gasteiger partial charge in [-0.2, -0.15) is 31.9 Å². The second kappa shape index (κ2) is 43.9. The lowest BCUT2D eigenvalue weighted by Gasteiger charge is -2.19. The molecule has 4 aliphatic rings. The first-order valence-electron chi connectivity index (χ1n) is 32.8. The smallest absolute Gasteiger partial charge is 0.279 e. The molecule has 0 aliphatic carbocycles. The van der Waals surface area contributed by atoms with Crippen molar-refractivity contribution < 1.29 is 84.5 Å². The van der Waals surface area contributed by atoms with Crippen LogP contribution < -0.4 is 26.6 Å². The molecule has 0 bridgehead atoms. The number of carbonyl (C=O) groups is 15. The molecule has 0 aromatic rings. The van der Waals surface area contributed by atoms with Gasteiger partial charge in [-0.25, -0.2) is 0 Å². The minimum atomic E-state index is -4.02. The highest BCUT2D eigenvalue weighted by Gasteiger charge is 2.43. The summed E-state index contributed by atoms with van der Waals surface area (Å²) in [4.78, 5) is 186. The number of hydrogen-bond acceptors (Lipinski definition) is 20. The van der Waals surface area contributed by atoms with Gasteiger partial charge in [-0.3, -0.25) is 95.7 Å². The first-order chi connectivity index (χ1) is 44.0. The van der Waals surface area contributed by atoms with Crippen molar-refractivity contribution in [3.05, 3.63) is 0 Å². The second-order valence-corrected chi connectivity index (χ2v) is 30.9. The molecule has 540 valence electrons. The monoisotopic (exact) mass is 1400 g/mol. The zero-order chi connectivity index (χ0) is 71.2. The van der Waals surface area contributed by atoms with E-state index in [1.54, 1.807) is 11.8 Å². The molecule has 5 unspecified atom stereocenters. The van der Waals surface area contributed by atoms with Crippen molar-refractivity contribution in [2.24, 2.45) is 47.3 Å². The lowest BCUT2D eigenvalue weighted by molar-refractivity contribution is -0.141. The molecule has 27 nitrogen and oxygen atoms in total. The SMILES string of the molecule is C.CC(C)C1CC(=O)N(CCCC(=O)CCC(=O)NCC(=O)CCC(=O)NCCC(=O)NCCN2C(=O)CC(C(C)C)C2=O)C1=O.CC(C)SCCCC(=O)NCCN1C(=O)CC(C(C)C)C1=O.COS(=O)(=O)C(CCSC(C)C)C(=O)NCCN1C(=O)CC(C(C)C)C1=O. The average Bonchev–Trinajstić information content (AvgIpc) is 1.77. The quantitative estimate of drug-likeness (QED) is 0.0329. The molecule has 30 heteroatoms. The van der Waals surface area contributed by atoms with Gasteiger partial charge in [-0.05, 0) is 64.9 Å². The van der Waals surface area contributed by atoms with Gasteiger partial charge in [0.2, 0.25) is 76.8 Å². The summed E-state index contributed by atoms with van der Waals surface area (Å²) in [5, 5.41) is 12.5. The number of thioether (sulfide) groups is 2. The second-order valence-electron chi connectivity index (χ2n) is 25.7. The molecule has 95 heavy (non-hydrogen) atoms. The first-order valence-corrected chi connectivity index (χ1v) is 36.4. The maximum absolute atomic E-state index is 12.4. The van der Waals surface area contributed by atoms with E-state index in [9.17, 15) is 80.3 Å². The number of amides is 13. The average molecular weight is 1400 g/mol. The van der Waals surface area contributed by atoms with E-state index in [0.29, 0.717) is 42.1 Å². The molecule has 4 saturated heterocycles. The zero-order valence-electron chi connectivity index (χ0n) is 57.4. The normalized spacial score (nSPS) is 18.4. The van der Waals surface area contributed by atoms with Crippen molar-refractivity contribution in [3.63, 3.8) is 0 Å². The van der Waals surface area contributed by atoms with Crippen LogP contribution in [-0.2, 0) is 86.2 Å². The van der Waals surface area contributed by atoms with Crippen molar-refractivity contribution in [1.29, 1.82) is 0 Å². The fourth-order valence-electron chi connectivity index (χ4n) is 10.4. The lowest BCUT2D eigenvalue weighted by atomic mass is 9.94. The minimum Gasteiger partial charge on any atom is -0.356 e. The Labute approximate surface area is 570 Å². The molecule has 0 aromatic heterocycles. The number of nitrogens with zero attached hydrogens (tertiary/aromatic N) is 4. The summed E-state index contributed by atoms with van der Waals surface area (Å²) in [6, 6.07) is 0. The molecule has 4 aliphatic heterocycles. The van der Waals surface area contributed by atoms with Gasteiger partial charge < -0.3 is 26.6 Å². The summed E-state index contributed by atoms with van der Waals surface area (Å²) in [7, 11) is -2.99. The molecule has 4 rings (SSSR count). The minimum absolute atomic E-state index is 0. The Morgan fingerprint density at radius 2 is 0.779 bits per heavy atom. The molecule has 5 N–H and O–H groups in total. The van der Waals surface area contributed by atoms with Gasteiger partial charge in [0.25, 0.3) is 10.1 Å². The van der Waals surface area contributed by atoms with Gasteiger partial charge in [0.1, 0.15) is 5.78 Å². The van der Waals surface area contributed by atoms with E-state index in [1.165, 1.54) is 14.7 Å². The van der Waals surface area contributed by atoms with Crippen LogP contribution in [-0.4, -0.2) is 210 Å². The Bertz CT molecular complexity index is 2780. The van der Waals surface area contributed by atoms with Crippen LogP contribution in [0.3, 0.4) is 0 Å². The third-order valence-corrected chi connectivity index (χ3v) is 20.2.